The Hall–Kier alpha value is -0.660. The van der Waals surface area contributed by atoms with Crippen molar-refractivity contribution >= 4 is 0 Å². The highest BCUT2D eigenvalue weighted by Gasteiger charge is 2.59. The van der Waals surface area contributed by atoms with Gasteiger partial charge in [-0.2, -0.15) is 0 Å². The number of aliphatic hydroxyl groups is 6. The summed E-state index contributed by atoms with van der Waals surface area (Å²) in [6.45, 7) is 14.1. The molecule has 0 aromatic heterocycles. The molecule has 3 saturated carbocycles. The Labute approximate surface area is 299 Å². The van der Waals surface area contributed by atoms with Crippen molar-refractivity contribution in [1.29, 1.82) is 0 Å². The van der Waals surface area contributed by atoms with Crippen LogP contribution in [0.5, 0.6) is 0 Å². The molecule has 0 radical (unpaired) electrons. The van der Waals surface area contributed by atoms with Crippen molar-refractivity contribution in [2.75, 3.05) is 13.2 Å². The molecule has 5 fully saturated rings. The van der Waals surface area contributed by atoms with E-state index in [4.69, 9.17) is 18.9 Å². The van der Waals surface area contributed by atoms with E-state index >= 15 is 0 Å². The van der Waals surface area contributed by atoms with Crippen molar-refractivity contribution in [3.05, 3.63) is 11.6 Å². The van der Waals surface area contributed by atoms with Crippen LogP contribution in [0.15, 0.2) is 11.6 Å². The summed E-state index contributed by atoms with van der Waals surface area (Å²) in [5, 5.41) is 61.9. The Morgan fingerprint density at radius 3 is 2.28 bits per heavy atom. The molecular formula is C40H68O10. The van der Waals surface area contributed by atoms with Crippen LogP contribution in [-0.2, 0) is 18.9 Å². The third kappa shape index (κ3) is 7.14. The van der Waals surface area contributed by atoms with Gasteiger partial charge >= 0.3 is 0 Å². The van der Waals surface area contributed by atoms with Crippen molar-refractivity contribution in [2.24, 2.45) is 52.3 Å². The molecule has 0 spiro atoms. The summed E-state index contributed by atoms with van der Waals surface area (Å²) in [7, 11) is 0. The maximum absolute atomic E-state index is 11.0. The molecule has 10 heteroatoms. The summed E-state index contributed by atoms with van der Waals surface area (Å²) in [6, 6.07) is 0. The van der Waals surface area contributed by atoms with Crippen molar-refractivity contribution < 1.29 is 49.6 Å². The molecular weight excluding hydrogens is 640 g/mol. The topological polar surface area (TPSA) is 158 Å². The fraction of sp³-hybridized carbons (Fsp3) is 0.950. The molecule has 0 amide bonds. The lowest BCUT2D eigenvalue weighted by molar-refractivity contribution is -0.346. The van der Waals surface area contributed by atoms with Crippen LogP contribution in [0.1, 0.15) is 112 Å². The van der Waals surface area contributed by atoms with Crippen molar-refractivity contribution in [1.82, 2.24) is 0 Å². The van der Waals surface area contributed by atoms with Gasteiger partial charge in [0, 0.05) is 0 Å². The summed E-state index contributed by atoms with van der Waals surface area (Å²) < 4.78 is 23.3. The first-order valence-electron chi connectivity index (χ1n) is 20.0. The molecule has 6 rings (SSSR count). The lowest BCUT2D eigenvalue weighted by Crippen LogP contribution is -2.62. The normalized spacial score (nSPS) is 49.1. The van der Waals surface area contributed by atoms with E-state index in [0.29, 0.717) is 11.3 Å². The van der Waals surface area contributed by atoms with Gasteiger partial charge in [-0.3, -0.25) is 0 Å². The minimum atomic E-state index is -1.61. The fourth-order valence-electron chi connectivity index (χ4n) is 12.0. The van der Waals surface area contributed by atoms with E-state index in [0.717, 1.165) is 61.2 Å². The van der Waals surface area contributed by atoms with Gasteiger partial charge in [0.2, 0.25) is 0 Å². The van der Waals surface area contributed by atoms with E-state index in [-0.39, 0.29) is 18.1 Å². The maximum atomic E-state index is 11.0. The zero-order chi connectivity index (χ0) is 36.1. The Morgan fingerprint density at radius 2 is 1.58 bits per heavy atom. The largest absolute Gasteiger partial charge is 0.394 e. The van der Waals surface area contributed by atoms with Crippen LogP contribution >= 0.6 is 0 Å². The lowest BCUT2D eigenvalue weighted by atomic mass is 9.47. The summed E-state index contributed by atoms with van der Waals surface area (Å²) in [6.07, 6.45) is 3.42. The molecule has 0 aromatic rings. The molecule has 0 bridgehead atoms. The Morgan fingerprint density at radius 1 is 0.840 bits per heavy atom. The summed E-state index contributed by atoms with van der Waals surface area (Å²) in [5.74, 6) is 5.47. The van der Waals surface area contributed by atoms with E-state index in [9.17, 15) is 30.6 Å². The molecule has 50 heavy (non-hydrogen) atoms. The van der Waals surface area contributed by atoms with E-state index in [1.165, 1.54) is 50.5 Å². The smallest absolute Gasteiger partial charge is 0.187 e. The molecule has 0 aromatic carbocycles. The Bertz CT molecular complexity index is 1160. The van der Waals surface area contributed by atoms with Crippen molar-refractivity contribution in [2.45, 2.75) is 174 Å². The quantitative estimate of drug-likeness (QED) is 0.171. The molecule has 6 N–H and O–H groups in total. The monoisotopic (exact) mass is 708 g/mol. The molecule has 10 nitrogen and oxygen atoms in total. The standard InChI is InChI=1S/C40H68O10/c1-7-23(21(2)3)9-8-22(4)27-12-13-28-26-11-10-24-18-25(14-16-39(24,5)29(26)15-17-40(27,28)6)48-37-35(45)33(43)31(20-47-37)50-38-36(46)34(44)32(42)30(19-41)49-38/h10,21-23,25-38,41-46H,7-9,11-20H2,1-6H3/t22-,23-,25+,26+,27-,28+,29+,30-,31+,32-,33+,34+,35-,36-,37+,38+,39+,40-/m1/s1. The van der Waals surface area contributed by atoms with E-state index < -0.39 is 61.9 Å². The average Bonchev–Trinajstić information content (AvgIpc) is 3.45. The van der Waals surface area contributed by atoms with Gasteiger partial charge in [0.05, 0.1) is 19.3 Å². The highest BCUT2D eigenvalue weighted by atomic mass is 16.7. The van der Waals surface area contributed by atoms with Crippen LogP contribution in [0, 0.1) is 52.3 Å². The van der Waals surface area contributed by atoms with Gasteiger partial charge in [-0.15, -0.1) is 0 Å². The van der Waals surface area contributed by atoms with Crippen LogP contribution < -0.4 is 0 Å². The second kappa shape index (κ2) is 15.6. The van der Waals surface area contributed by atoms with Gasteiger partial charge in [0.25, 0.3) is 0 Å². The first-order valence-corrected chi connectivity index (χ1v) is 20.0. The first kappa shape index (κ1) is 39.0. The minimum Gasteiger partial charge on any atom is -0.394 e. The van der Waals surface area contributed by atoms with Crippen LogP contribution in [-0.4, -0.2) is 105 Å². The number of ether oxygens (including phenoxy) is 4. The molecule has 288 valence electrons. The number of aliphatic hydroxyl groups excluding tert-OH is 6. The molecule has 2 heterocycles. The van der Waals surface area contributed by atoms with Gasteiger partial charge in [0.15, 0.2) is 12.6 Å². The average molecular weight is 709 g/mol. The maximum Gasteiger partial charge on any atom is 0.187 e. The minimum absolute atomic E-state index is 0.133. The van der Waals surface area contributed by atoms with Crippen LogP contribution in [0.3, 0.4) is 0 Å². The van der Waals surface area contributed by atoms with Gasteiger partial charge in [-0.05, 0) is 110 Å². The Kier molecular flexibility index (Phi) is 12.2. The molecule has 2 aliphatic heterocycles. The second-order valence-corrected chi connectivity index (χ2v) is 18.0. The van der Waals surface area contributed by atoms with Crippen LogP contribution in [0.25, 0.3) is 0 Å². The van der Waals surface area contributed by atoms with E-state index in [2.05, 4.69) is 47.6 Å². The predicted octanol–water partition coefficient (Wildman–Crippen LogP) is 4.31. The number of hydrogen-bond acceptors (Lipinski definition) is 10. The van der Waals surface area contributed by atoms with Crippen LogP contribution in [0.2, 0.25) is 0 Å². The molecule has 6 aliphatic rings. The second-order valence-electron chi connectivity index (χ2n) is 18.0. The van der Waals surface area contributed by atoms with E-state index in [1.807, 2.05) is 0 Å². The first-order chi connectivity index (χ1) is 23.7. The number of allylic oxidation sites excluding steroid dienone is 1. The van der Waals surface area contributed by atoms with Gasteiger partial charge < -0.3 is 49.6 Å². The number of hydrogen-bond donors (Lipinski definition) is 6. The molecule has 2 saturated heterocycles. The lowest BCUT2D eigenvalue weighted by Gasteiger charge is -2.58. The number of rotatable bonds is 11. The highest BCUT2D eigenvalue weighted by Crippen LogP contribution is 2.67. The molecule has 4 aliphatic carbocycles. The summed E-state index contributed by atoms with van der Waals surface area (Å²) >= 11 is 0. The third-order valence-electron chi connectivity index (χ3n) is 15.2. The molecule has 0 unspecified atom stereocenters. The number of fused-ring (bicyclic) bond motifs is 5. The fourth-order valence-corrected chi connectivity index (χ4v) is 12.0. The van der Waals surface area contributed by atoms with Gasteiger partial charge in [0.1, 0.15) is 42.7 Å². The van der Waals surface area contributed by atoms with Gasteiger partial charge in [-0.1, -0.05) is 66.0 Å². The highest BCUT2D eigenvalue weighted by molar-refractivity contribution is 5.25. The van der Waals surface area contributed by atoms with Crippen molar-refractivity contribution in [3.63, 3.8) is 0 Å². The Balaban J connectivity index is 1.04. The zero-order valence-corrected chi connectivity index (χ0v) is 31.4. The van der Waals surface area contributed by atoms with Crippen molar-refractivity contribution in [3.8, 4) is 0 Å². The van der Waals surface area contributed by atoms with Crippen LogP contribution in [0.4, 0.5) is 0 Å². The zero-order valence-electron chi connectivity index (χ0n) is 31.4. The molecule has 18 atom stereocenters. The third-order valence-corrected chi connectivity index (χ3v) is 15.2. The SMILES string of the molecule is CC[C@H](CC[C@@H](C)[C@H]1CC[C@H]2[C@@H]3CC=C4C[C@@H](O[C@@H]5OC[C@H](O[C@@H]6O[C@H](CO)[C@@H](O)[C@H](O)[C@H]6O)[C@H](O)[C@H]5O)CC[C@]4(C)[C@H]3CC[C@]12C)C(C)C. The summed E-state index contributed by atoms with van der Waals surface area (Å²) in [5.41, 5.74) is 2.09. The van der Waals surface area contributed by atoms with E-state index in [1.54, 1.807) is 0 Å². The predicted molar refractivity (Wildman–Crippen MR) is 187 cm³/mol. The summed E-state index contributed by atoms with van der Waals surface area (Å²) in [4.78, 5) is 0. The van der Waals surface area contributed by atoms with Gasteiger partial charge in [-0.25, -0.2) is 0 Å².